The second kappa shape index (κ2) is 13.0. The fraction of sp³-hybridized carbons (Fsp3) is 0.120. The standard InChI is InChI=1S/C25H23N5O13S4/c1-14-2-8-18(20(12-14)45(34,35)36)28-29-19-9-3-15-13-21(46(37,38)39)24(23(26)22(15)25(19)31)30-27-16-4-6-17(7-5-16)44(32,33)11-10-43-47(40,41)42/h2-9,12-13,31H,10-11,26H2,1H3,(H,34,35,36)(H,37,38,39)(H,40,41,42). The fourth-order valence-electron chi connectivity index (χ4n) is 4.05. The number of hydrogen-bond donors (Lipinski definition) is 5. The molecule has 0 aliphatic carbocycles. The minimum absolute atomic E-state index is 0.00650. The van der Waals surface area contributed by atoms with E-state index in [-0.39, 0.29) is 32.7 Å². The van der Waals surface area contributed by atoms with Crippen LogP contribution in [0.4, 0.5) is 28.4 Å². The largest absolute Gasteiger partial charge is 0.505 e. The zero-order chi connectivity index (χ0) is 34.9. The third kappa shape index (κ3) is 8.49. The molecule has 0 bridgehead atoms. The van der Waals surface area contributed by atoms with Crippen LogP contribution in [0.2, 0.25) is 0 Å². The molecule has 0 unspecified atom stereocenters. The first-order valence-corrected chi connectivity index (χ1v) is 18.5. The number of phenolic OH excluding ortho intramolecular Hbond substituents is 1. The number of fused-ring (bicyclic) bond motifs is 1. The van der Waals surface area contributed by atoms with Crippen molar-refractivity contribution in [3.8, 4) is 5.75 Å². The molecule has 18 nitrogen and oxygen atoms in total. The Hall–Kier alpha value is -4.42. The van der Waals surface area contributed by atoms with Gasteiger partial charge >= 0.3 is 10.4 Å². The molecular weight excluding hydrogens is 707 g/mol. The summed E-state index contributed by atoms with van der Waals surface area (Å²) < 4.78 is 126. The van der Waals surface area contributed by atoms with Gasteiger partial charge in [-0.15, -0.1) is 15.3 Å². The molecule has 0 amide bonds. The summed E-state index contributed by atoms with van der Waals surface area (Å²) in [5.41, 5.74) is 5.04. The number of anilines is 1. The highest BCUT2D eigenvalue weighted by molar-refractivity contribution is 7.91. The van der Waals surface area contributed by atoms with Crippen molar-refractivity contribution in [3.63, 3.8) is 0 Å². The summed E-state index contributed by atoms with van der Waals surface area (Å²) in [5, 5.41) is 26.1. The van der Waals surface area contributed by atoms with E-state index in [0.29, 0.717) is 5.56 Å². The lowest BCUT2D eigenvalue weighted by Gasteiger charge is -2.12. The number of aromatic hydroxyl groups is 1. The van der Waals surface area contributed by atoms with Crippen molar-refractivity contribution in [2.45, 2.75) is 21.6 Å². The van der Waals surface area contributed by atoms with Gasteiger partial charge in [0.2, 0.25) is 0 Å². The molecule has 0 atom stereocenters. The molecule has 0 aliphatic rings. The smallest absolute Gasteiger partial charge is 0.397 e. The van der Waals surface area contributed by atoms with Gasteiger partial charge in [-0.1, -0.05) is 12.1 Å². The third-order valence-electron chi connectivity index (χ3n) is 6.22. The minimum atomic E-state index is -4.98. The molecule has 0 heterocycles. The number of aryl methyl sites for hydroxylation is 1. The summed E-state index contributed by atoms with van der Waals surface area (Å²) in [6.45, 7) is 0.731. The number of rotatable bonds is 11. The SMILES string of the molecule is Cc1ccc(N=Nc2ccc3cc(S(=O)(=O)O)c(N=Nc4ccc(S(=O)(=O)CCOS(=O)(=O)O)cc4)c(N)c3c2O)c(S(=O)(=O)O)c1. The van der Waals surface area contributed by atoms with Gasteiger partial charge in [0.15, 0.2) is 15.6 Å². The van der Waals surface area contributed by atoms with Crippen molar-refractivity contribution in [1.29, 1.82) is 0 Å². The van der Waals surface area contributed by atoms with Crippen LogP contribution in [0.5, 0.6) is 5.75 Å². The van der Waals surface area contributed by atoms with Crippen LogP contribution in [0.1, 0.15) is 5.56 Å². The van der Waals surface area contributed by atoms with Crippen molar-refractivity contribution >= 4 is 79.7 Å². The van der Waals surface area contributed by atoms with E-state index in [4.69, 9.17) is 10.3 Å². The molecule has 0 saturated heterocycles. The topological polar surface area (TPSA) is 302 Å². The highest BCUT2D eigenvalue weighted by Gasteiger charge is 2.24. The molecular formula is C25H23N5O13S4. The first-order valence-electron chi connectivity index (χ1n) is 12.6. The molecule has 22 heteroatoms. The van der Waals surface area contributed by atoms with Crippen LogP contribution in [0.15, 0.2) is 95.8 Å². The second-order valence-corrected chi connectivity index (χ2v) is 15.5. The number of phenols is 1. The molecule has 0 spiro atoms. The lowest BCUT2D eigenvalue weighted by molar-refractivity contribution is 0.284. The van der Waals surface area contributed by atoms with Crippen LogP contribution in [0, 0.1) is 6.92 Å². The summed E-state index contributed by atoms with van der Waals surface area (Å²) in [4.78, 5) is -1.62. The van der Waals surface area contributed by atoms with Gasteiger partial charge in [0.25, 0.3) is 20.2 Å². The van der Waals surface area contributed by atoms with Gasteiger partial charge in [0, 0.05) is 0 Å². The van der Waals surface area contributed by atoms with Crippen molar-refractivity contribution < 1.29 is 56.6 Å². The summed E-state index contributed by atoms with van der Waals surface area (Å²) in [6, 6.07) is 11.8. The van der Waals surface area contributed by atoms with Crippen LogP contribution in [-0.2, 0) is 44.7 Å². The Morgan fingerprint density at radius 2 is 1.32 bits per heavy atom. The van der Waals surface area contributed by atoms with E-state index in [9.17, 15) is 47.9 Å². The minimum Gasteiger partial charge on any atom is -0.505 e. The molecule has 47 heavy (non-hydrogen) atoms. The lowest BCUT2D eigenvalue weighted by atomic mass is 10.1. The molecule has 0 aliphatic heterocycles. The van der Waals surface area contributed by atoms with Gasteiger partial charge in [-0.3, -0.25) is 13.7 Å². The van der Waals surface area contributed by atoms with E-state index >= 15 is 0 Å². The van der Waals surface area contributed by atoms with Gasteiger partial charge in [0.05, 0.1) is 34.0 Å². The maximum Gasteiger partial charge on any atom is 0.397 e. The predicted molar refractivity (Wildman–Crippen MR) is 165 cm³/mol. The summed E-state index contributed by atoms with van der Waals surface area (Å²) >= 11 is 0. The highest BCUT2D eigenvalue weighted by Crippen LogP contribution is 2.45. The van der Waals surface area contributed by atoms with Gasteiger partial charge < -0.3 is 10.8 Å². The van der Waals surface area contributed by atoms with Crippen molar-refractivity contribution in [2.75, 3.05) is 18.1 Å². The molecule has 0 saturated carbocycles. The maximum atomic E-state index is 12.4. The molecule has 4 aromatic carbocycles. The molecule has 4 rings (SSSR count). The Morgan fingerprint density at radius 3 is 1.91 bits per heavy atom. The third-order valence-corrected chi connectivity index (χ3v) is 10.1. The number of benzene rings is 4. The Labute approximate surface area is 267 Å². The summed E-state index contributed by atoms with van der Waals surface area (Å²) in [7, 11) is -18.6. The van der Waals surface area contributed by atoms with E-state index in [2.05, 4.69) is 24.6 Å². The quantitative estimate of drug-likeness (QED) is 0.0814. The van der Waals surface area contributed by atoms with Crippen LogP contribution in [-0.4, -0.2) is 64.8 Å². The Balaban J connectivity index is 1.74. The van der Waals surface area contributed by atoms with E-state index in [1.165, 1.54) is 24.3 Å². The second-order valence-electron chi connectivity index (χ2n) is 9.55. The van der Waals surface area contributed by atoms with Gasteiger partial charge in [-0.05, 0) is 66.4 Å². The Morgan fingerprint density at radius 1 is 0.723 bits per heavy atom. The highest BCUT2D eigenvalue weighted by atomic mass is 32.3. The van der Waals surface area contributed by atoms with Crippen LogP contribution >= 0.6 is 0 Å². The van der Waals surface area contributed by atoms with Gasteiger partial charge in [-0.2, -0.15) is 30.4 Å². The zero-order valence-corrected chi connectivity index (χ0v) is 26.9. The van der Waals surface area contributed by atoms with E-state index < -0.39 is 79.7 Å². The average molecular weight is 730 g/mol. The Kier molecular flexibility index (Phi) is 9.80. The van der Waals surface area contributed by atoms with Crippen molar-refractivity contribution in [1.82, 2.24) is 0 Å². The molecule has 0 fully saturated rings. The van der Waals surface area contributed by atoms with Crippen molar-refractivity contribution in [3.05, 3.63) is 66.2 Å². The molecule has 0 radical (unpaired) electrons. The Bertz CT molecular complexity index is 2400. The molecule has 250 valence electrons. The van der Waals surface area contributed by atoms with Crippen LogP contribution in [0.3, 0.4) is 0 Å². The number of hydrogen-bond acceptors (Lipinski definition) is 15. The first kappa shape index (κ1) is 35.4. The first-order chi connectivity index (χ1) is 21.7. The molecule has 6 N–H and O–H groups in total. The van der Waals surface area contributed by atoms with Crippen LogP contribution < -0.4 is 5.73 Å². The van der Waals surface area contributed by atoms with E-state index in [0.717, 1.165) is 36.4 Å². The molecule has 0 aromatic heterocycles. The van der Waals surface area contributed by atoms with Crippen LogP contribution in [0.25, 0.3) is 10.8 Å². The predicted octanol–water partition coefficient (Wildman–Crippen LogP) is 4.35. The van der Waals surface area contributed by atoms with E-state index in [1.807, 2.05) is 0 Å². The average Bonchev–Trinajstić information content (AvgIpc) is 2.95. The van der Waals surface area contributed by atoms with E-state index in [1.54, 1.807) is 6.92 Å². The number of azo groups is 2. The van der Waals surface area contributed by atoms with Gasteiger partial charge in [0.1, 0.15) is 26.9 Å². The number of nitrogens with zero attached hydrogens (tertiary/aromatic N) is 4. The molecule has 4 aromatic rings. The monoisotopic (exact) mass is 729 g/mol. The normalized spacial score (nSPS) is 13.2. The number of sulfone groups is 1. The van der Waals surface area contributed by atoms with Gasteiger partial charge in [-0.25, -0.2) is 12.6 Å². The zero-order valence-electron chi connectivity index (χ0n) is 23.7. The lowest BCUT2D eigenvalue weighted by Crippen LogP contribution is -2.15. The maximum absolute atomic E-state index is 12.4. The fourth-order valence-corrected chi connectivity index (χ4v) is 6.92. The number of nitrogen functional groups attached to an aromatic ring is 1. The van der Waals surface area contributed by atoms with Crippen molar-refractivity contribution in [2.24, 2.45) is 20.5 Å². The summed E-state index contributed by atoms with van der Waals surface area (Å²) in [5.74, 6) is -1.44. The summed E-state index contributed by atoms with van der Waals surface area (Å²) in [6.07, 6.45) is 0. The number of nitrogens with two attached hydrogens (primary N) is 1.